The van der Waals surface area contributed by atoms with Crippen LogP contribution < -0.4 is 5.32 Å². The molecule has 0 aliphatic carbocycles. The van der Waals surface area contributed by atoms with Gasteiger partial charge in [0.2, 0.25) is 5.91 Å². The fourth-order valence-corrected chi connectivity index (χ4v) is 6.65. The summed E-state index contributed by atoms with van der Waals surface area (Å²) in [6, 6.07) is -0.648. The number of carbonyl (C=O) groups excluding carboxylic acids is 2. The molecule has 55 heavy (non-hydrogen) atoms. The van der Waals surface area contributed by atoms with Crippen molar-refractivity contribution in [2.75, 3.05) is 13.2 Å². The summed E-state index contributed by atoms with van der Waals surface area (Å²) in [7, 11) is 0. The van der Waals surface area contributed by atoms with Gasteiger partial charge in [0, 0.05) is 12.8 Å². The zero-order valence-electron chi connectivity index (χ0n) is 36.1. The predicted octanol–water partition coefficient (Wildman–Crippen LogP) is 13.5. The minimum Gasteiger partial charge on any atom is -0.466 e. The Morgan fingerprint density at radius 3 is 1.42 bits per heavy atom. The lowest BCUT2D eigenvalue weighted by atomic mass is 10.1. The van der Waals surface area contributed by atoms with Gasteiger partial charge >= 0.3 is 5.97 Å². The molecule has 0 rings (SSSR count). The molecule has 3 N–H and O–H groups in total. The summed E-state index contributed by atoms with van der Waals surface area (Å²) in [4.78, 5) is 24.4. The van der Waals surface area contributed by atoms with Gasteiger partial charge in [-0.25, -0.2) is 0 Å². The number of carbonyl (C=O) groups is 2. The third kappa shape index (κ3) is 41.3. The van der Waals surface area contributed by atoms with Gasteiger partial charge in [-0.2, -0.15) is 0 Å². The second kappa shape index (κ2) is 44.5. The van der Waals surface area contributed by atoms with Crippen molar-refractivity contribution in [2.24, 2.45) is 0 Å². The Morgan fingerprint density at radius 2 is 0.909 bits per heavy atom. The first-order chi connectivity index (χ1) is 27.0. The van der Waals surface area contributed by atoms with E-state index >= 15 is 0 Å². The highest BCUT2D eigenvalue weighted by molar-refractivity contribution is 5.76. The van der Waals surface area contributed by atoms with Crippen molar-refractivity contribution in [1.82, 2.24) is 5.32 Å². The minimum absolute atomic E-state index is 0.0422. The molecule has 0 aliphatic heterocycles. The van der Waals surface area contributed by atoms with Gasteiger partial charge in [-0.1, -0.05) is 172 Å². The SMILES string of the molecule is CCCCCC/C=C\C/C=C\CCCCCCCCCC(=O)OCCCC/C=C\CCCCCCCC(=O)NC(CO)C(O)/C=C/CCCCCCCCC. The number of hydrogen-bond acceptors (Lipinski definition) is 5. The van der Waals surface area contributed by atoms with Crippen LogP contribution in [0.5, 0.6) is 0 Å². The van der Waals surface area contributed by atoms with E-state index in [0.717, 1.165) is 89.9 Å². The summed E-state index contributed by atoms with van der Waals surface area (Å²) in [6.45, 7) is 4.75. The van der Waals surface area contributed by atoms with Crippen molar-refractivity contribution < 1.29 is 24.5 Å². The molecule has 6 heteroatoms. The van der Waals surface area contributed by atoms with Crippen LogP contribution in [-0.4, -0.2) is 47.4 Å². The van der Waals surface area contributed by atoms with E-state index in [-0.39, 0.29) is 18.5 Å². The lowest BCUT2D eigenvalue weighted by molar-refractivity contribution is -0.143. The summed E-state index contributed by atoms with van der Waals surface area (Å²) in [5.41, 5.74) is 0. The molecule has 0 radical (unpaired) electrons. The summed E-state index contributed by atoms with van der Waals surface area (Å²) in [5, 5.41) is 22.8. The average molecular weight is 772 g/mol. The molecule has 2 atom stereocenters. The van der Waals surface area contributed by atoms with Crippen molar-refractivity contribution in [1.29, 1.82) is 0 Å². The molecule has 0 aliphatic rings. The van der Waals surface area contributed by atoms with E-state index in [0.29, 0.717) is 19.4 Å². The molecule has 2 unspecified atom stereocenters. The van der Waals surface area contributed by atoms with Crippen molar-refractivity contribution in [3.05, 3.63) is 48.6 Å². The van der Waals surface area contributed by atoms with Crippen LogP contribution in [0.1, 0.15) is 226 Å². The summed E-state index contributed by atoms with van der Waals surface area (Å²) >= 11 is 0. The molecule has 320 valence electrons. The van der Waals surface area contributed by atoms with E-state index in [9.17, 15) is 19.8 Å². The standard InChI is InChI=1S/C49H89NO5/c1-3-5-7-9-11-13-14-15-16-17-18-19-20-23-27-31-35-39-43-49(54)55-44-40-36-32-28-24-21-22-26-30-34-38-42-48(53)50-46(45-51)47(52)41-37-33-29-25-12-10-8-6-4-2/h13-14,16-17,24,28,37,41,46-47,51-52H,3-12,15,18-23,25-27,29-36,38-40,42-45H2,1-2H3,(H,50,53)/b14-13-,17-16-,28-24-,41-37+. The van der Waals surface area contributed by atoms with Gasteiger partial charge in [-0.15, -0.1) is 0 Å². The van der Waals surface area contributed by atoms with Crippen LogP contribution in [0.15, 0.2) is 48.6 Å². The molecule has 0 saturated heterocycles. The van der Waals surface area contributed by atoms with E-state index in [1.807, 2.05) is 6.08 Å². The monoisotopic (exact) mass is 772 g/mol. The number of aliphatic hydroxyl groups excluding tert-OH is 2. The molecule has 0 saturated carbocycles. The molecule has 0 heterocycles. The van der Waals surface area contributed by atoms with Crippen LogP contribution in [0.4, 0.5) is 0 Å². The Bertz CT molecular complexity index is 942. The third-order valence-electron chi connectivity index (χ3n) is 10.3. The van der Waals surface area contributed by atoms with Gasteiger partial charge in [0.1, 0.15) is 0 Å². The highest BCUT2D eigenvalue weighted by Gasteiger charge is 2.18. The Kier molecular flexibility index (Phi) is 42.8. The maximum atomic E-state index is 12.3. The lowest BCUT2D eigenvalue weighted by Gasteiger charge is -2.20. The molecule has 0 fully saturated rings. The second-order valence-electron chi connectivity index (χ2n) is 15.7. The first-order valence-electron chi connectivity index (χ1n) is 23.4. The van der Waals surface area contributed by atoms with Crippen LogP contribution in [0, 0.1) is 0 Å². The molecule has 0 bridgehead atoms. The Balaban J connectivity index is 3.54. The minimum atomic E-state index is -0.861. The average Bonchev–Trinajstić information content (AvgIpc) is 3.18. The van der Waals surface area contributed by atoms with Crippen LogP contribution in [0.25, 0.3) is 0 Å². The van der Waals surface area contributed by atoms with Gasteiger partial charge in [0.05, 0.1) is 25.4 Å². The maximum absolute atomic E-state index is 12.3. The van der Waals surface area contributed by atoms with Gasteiger partial charge in [0.15, 0.2) is 0 Å². The van der Waals surface area contributed by atoms with E-state index in [4.69, 9.17) is 4.74 Å². The molecular weight excluding hydrogens is 683 g/mol. The van der Waals surface area contributed by atoms with E-state index in [1.165, 1.54) is 109 Å². The number of rotatable bonds is 42. The fraction of sp³-hybridized carbons (Fsp3) is 0.796. The number of aliphatic hydroxyl groups is 2. The third-order valence-corrected chi connectivity index (χ3v) is 10.3. The first-order valence-corrected chi connectivity index (χ1v) is 23.4. The van der Waals surface area contributed by atoms with E-state index in [1.54, 1.807) is 6.08 Å². The highest BCUT2D eigenvalue weighted by atomic mass is 16.5. The predicted molar refractivity (Wildman–Crippen MR) is 236 cm³/mol. The van der Waals surface area contributed by atoms with Gasteiger partial charge < -0.3 is 20.3 Å². The normalized spacial score (nSPS) is 13.2. The molecule has 0 aromatic carbocycles. The van der Waals surface area contributed by atoms with Crippen molar-refractivity contribution >= 4 is 11.9 Å². The van der Waals surface area contributed by atoms with E-state index in [2.05, 4.69) is 55.6 Å². The van der Waals surface area contributed by atoms with Gasteiger partial charge in [-0.3, -0.25) is 9.59 Å². The maximum Gasteiger partial charge on any atom is 0.305 e. The van der Waals surface area contributed by atoms with Crippen LogP contribution in [-0.2, 0) is 14.3 Å². The molecule has 0 aromatic heterocycles. The van der Waals surface area contributed by atoms with Gasteiger partial charge in [0.25, 0.3) is 0 Å². The fourth-order valence-electron chi connectivity index (χ4n) is 6.65. The zero-order chi connectivity index (χ0) is 40.1. The molecule has 0 aromatic rings. The first kappa shape index (κ1) is 52.8. The Labute approximate surface area is 340 Å². The number of ether oxygens (including phenoxy) is 1. The number of amides is 1. The quantitative estimate of drug-likeness (QED) is 0.0326. The number of nitrogens with one attached hydrogen (secondary N) is 1. The van der Waals surface area contributed by atoms with Crippen LogP contribution in [0.3, 0.4) is 0 Å². The highest BCUT2D eigenvalue weighted by Crippen LogP contribution is 2.13. The molecule has 6 nitrogen and oxygen atoms in total. The number of hydrogen-bond donors (Lipinski definition) is 3. The zero-order valence-corrected chi connectivity index (χ0v) is 36.1. The summed E-state index contributed by atoms with van der Waals surface area (Å²) < 4.78 is 5.43. The lowest BCUT2D eigenvalue weighted by Crippen LogP contribution is -2.45. The molecular formula is C49H89NO5. The topological polar surface area (TPSA) is 95.9 Å². The van der Waals surface area contributed by atoms with E-state index < -0.39 is 12.1 Å². The van der Waals surface area contributed by atoms with Crippen LogP contribution in [0.2, 0.25) is 0 Å². The Morgan fingerprint density at radius 1 is 0.509 bits per heavy atom. The Hall–Kier alpha value is -2.18. The molecule has 1 amide bonds. The number of allylic oxidation sites excluding steroid dienone is 7. The smallest absolute Gasteiger partial charge is 0.305 e. The van der Waals surface area contributed by atoms with Gasteiger partial charge in [-0.05, 0) is 89.9 Å². The van der Waals surface area contributed by atoms with Crippen molar-refractivity contribution in [3.8, 4) is 0 Å². The largest absolute Gasteiger partial charge is 0.466 e. The number of esters is 1. The van der Waals surface area contributed by atoms with Crippen molar-refractivity contribution in [3.63, 3.8) is 0 Å². The summed E-state index contributed by atoms with van der Waals surface area (Å²) in [5.74, 6) is -0.145. The summed E-state index contributed by atoms with van der Waals surface area (Å²) in [6.07, 6.45) is 53.9. The number of unbranched alkanes of at least 4 members (excludes halogenated alkanes) is 25. The van der Waals surface area contributed by atoms with Crippen molar-refractivity contribution in [2.45, 2.75) is 238 Å². The van der Waals surface area contributed by atoms with Crippen LogP contribution >= 0.6 is 0 Å². The second-order valence-corrected chi connectivity index (χ2v) is 15.7. The molecule has 0 spiro atoms.